The van der Waals surface area contributed by atoms with E-state index in [1.54, 1.807) is 18.0 Å². The summed E-state index contributed by atoms with van der Waals surface area (Å²) in [4.78, 5) is 19.8. The number of pyridine rings is 1. The average Bonchev–Trinajstić information content (AvgIpc) is 3.01. The zero-order valence-corrected chi connectivity index (χ0v) is 11.2. The maximum absolute atomic E-state index is 12.1. The number of amides is 1. The molecule has 4 nitrogen and oxygen atoms in total. The molecule has 3 heterocycles. The Kier molecular flexibility index (Phi) is 3.26. The van der Waals surface area contributed by atoms with Gasteiger partial charge in [-0.3, -0.25) is 9.78 Å². The van der Waals surface area contributed by atoms with Crippen molar-refractivity contribution >= 4 is 17.7 Å². The summed E-state index contributed by atoms with van der Waals surface area (Å²) in [7, 11) is 0. The Morgan fingerprint density at radius 1 is 1.56 bits per heavy atom. The number of thioether (sulfide) groups is 1. The lowest BCUT2D eigenvalue weighted by Crippen LogP contribution is -2.43. The summed E-state index contributed by atoms with van der Waals surface area (Å²) in [5, 5.41) is 3.13. The summed E-state index contributed by atoms with van der Waals surface area (Å²) in [5.41, 5.74) is 0.527. The number of nitrogens with zero attached hydrogens (tertiary/aromatic N) is 2. The Morgan fingerprint density at radius 3 is 3.11 bits per heavy atom. The molecular formula is C13H17N3OS. The van der Waals surface area contributed by atoms with Gasteiger partial charge in [-0.25, -0.2) is 0 Å². The van der Waals surface area contributed by atoms with Gasteiger partial charge in [-0.1, -0.05) is 0 Å². The van der Waals surface area contributed by atoms with Crippen LogP contribution in [0.3, 0.4) is 0 Å². The highest BCUT2D eigenvalue weighted by Gasteiger charge is 2.38. The van der Waals surface area contributed by atoms with Crippen molar-refractivity contribution in [2.24, 2.45) is 5.92 Å². The molecule has 1 N–H and O–H groups in total. The highest BCUT2D eigenvalue weighted by Crippen LogP contribution is 2.27. The van der Waals surface area contributed by atoms with Crippen LogP contribution in [0.4, 0.5) is 0 Å². The van der Waals surface area contributed by atoms with E-state index in [-0.39, 0.29) is 5.91 Å². The number of piperidine rings is 1. The molecule has 0 spiro atoms. The molecule has 2 bridgehead atoms. The maximum Gasteiger partial charge on any atom is 0.270 e. The van der Waals surface area contributed by atoms with Gasteiger partial charge >= 0.3 is 0 Å². The van der Waals surface area contributed by atoms with Gasteiger partial charge < -0.3 is 10.2 Å². The second kappa shape index (κ2) is 4.90. The van der Waals surface area contributed by atoms with E-state index in [1.807, 2.05) is 18.4 Å². The minimum atomic E-state index is -0.0374. The van der Waals surface area contributed by atoms with Crippen LogP contribution >= 0.6 is 11.8 Å². The molecule has 0 aliphatic carbocycles. The number of nitrogens with one attached hydrogen (secondary N) is 1. The van der Waals surface area contributed by atoms with Crippen molar-refractivity contribution in [2.75, 3.05) is 25.9 Å². The maximum atomic E-state index is 12.1. The van der Waals surface area contributed by atoms with Gasteiger partial charge in [-0.15, -0.1) is 11.8 Å². The van der Waals surface area contributed by atoms with Crippen LogP contribution in [-0.2, 0) is 0 Å². The summed E-state index contributed by atoms with van der Waals surface area (Å²) >= 11 is 1.63. The minimum absolute atomic E-state index is 0.0374. The molecule has 3 rings (SSSR count). The van der Waals surface area contributed by atoms with Gasteiger partial charge in [0.15, 0.2) is 0 Å². The molecule has 0 radical (unpaired) electrons. The van der Waals surface area contributed by atoms with Gasteiger partial charge in [-0.2, -0.15) is 0 Å². The number of hydrogen-bond acceptors (Lipinski definition) is 4. The molecular weight excluding hydrogens is 246 g/mol. The number of aromatic nitrogens is 1. The lowest BCUT2D eigenvalue weighted by Gasteiger charge is -2.22. The zero-order valence-electron chi connectivity index (χ0n) is 10.4. The van der Waals surface area contributed by atoms with Gasteiger partial charge in [0.25, 0.3) is 5.91 Å². The third kappa shape index (κ3) is 2.24. The molecule has 1 aromatic heterocycles. The molecule has 18 heavy (non-hydrogen) atoms. The summed E-state index contributed by atoms with van der Waals surface area (Å²) in [6, 6.07) is 4.09. The Labute approximate surface area is 111 Å². The third-order valence-corrected chi connectivity index (χ3v) is 4.57. The van der Waals surface area contributed by atoms with Crippen LogP contribution in [0.15, 0.2) is 23.2 Å². The Morgan fingerprint density at radius 2 is 2.44 bits per heavy atom. The van der Waals surface area contributed by atoms with Crippen molar-refractivity contribution in [2.45, 2.75) is 17.4 Å². The van der Waals surface area contributed by atoms with Crippen molar-refractivity contribution < 1.29 is 4.79 Å². The van der Waals surface area contributed by atoms with Gasteiger partial charge in [-0.05, 0) is 37.3 Å². The van der Waals surface area contributed by atoms with Crippen LogP contribution in [0.2, 0.25) is 0 Å². The first-order valence-corrected chi connectivity index (χ1v) is 7.52. The molecule has 2 fully saturated rings. The zero-order chi connectivity index (χ0) is 12.5. The second-order valence-corrected chi connectivity index (χ2v) is 5.85. The van der Waals surface area contributed by atoms with Crippen molar-refractivity contribution in [3.8, 4) is 0 Å². The van der Waals surface area contributed by atoms with Crippen LogP contribution in [0, 0.1) is 5.92 Å². The molecule has 2 saturated heterocycles. The van der Waals surface area contributed by atoms with E-state index >= 15 is 0 Å². The minimum Gasteiger partial charge on any atom is -0.346 e. The largest absolute Gasteiger partial charge is 0.346 e. The van der Waals surface area contributed by atoms with E-state index in [9.17, 15) is 4.79 Å². The molecule has 0 saturated carbocycles. The Balaban J connectivity index is 1.67. The predicted octanol–water partition coefficient (Wildman–Crippen LogP) is 1.24. The average molecular weight is 263 g/mol. The lowest BCUT2D eigenvalue weighted by molar-refractivity contribution is 0.0919. The van der Waals surface area contributed by atoms with Crippen molar-refractivity contribution in [3.05, 3.63) is 24.0 Å². The number of carbonyl (C=O) groups excluding carboxylic acids is 1. The second-order valence-electron chi connectivity index (χ2n) is 4.97. The van der Waals surface area contributed by atoms with Crippen molar-refractivity contribution in [1.29, 1.82) is 0 Å². The molecule has 5 heteroatoms. The van der Waals surface area contributed by atoms with E-state index in [1.165, 1.54) is 13.0 Å². The summed E-state index contributed by atoms with van der Waals surface area (Å²) < 4.78 is 0. The first kappa shape index (κ1) is 12.0. The van der Waals surface area contributed by atoms with E-state index in [0.717, 1.165) is 18.0 Å². The van der Waals surface area contributed by atoms with Crippen molar-refractivity contribution in [1.82, 2.24) is 15.2 Å². The Bertz CT molecular complexity index is 465. The molecule has 3 atom stereocenters. The number of rotatable bonds is 3. The summed E-state index contributed by atoms with van der Waals surface area (Å²) in [6.07, 6.45) is 4.91. The first-order valence-electron chi connectivity index (χ1n) is 6.29. The van der Waals surface area contributed by atoms with Gasteiger partial charge in [0.05, 0.1) is 0 Å². The number of carbonyl (C=O) groups is 1. The highest BCUT2D eigenvalue weighted by molar-refractivity contribution is 7.98. The fourth-order valence-electron chi connectivity index (χ4n) is 2.85. The molecule has 1 aromatic rings. The topological polar surface area (TPSA) is 45.2 Å². The van der Waals surface area contributed by atoms with Gasteiger partial charge in [0.1, 0.15) is 5.69 Å². The Hall–Kier alpha value is -1.07. The molecule has 2 aliphatic rings. The standard InChI is InChI=1S/C13H17N3OS/c1-18-10-2-4-14-11(6-10)13(17)15-12-8-16-5-3-9(12)7-16/h2,4,6,9,12H,3,5,7-8H2,1H3,(H,15,17). The van der Waals surface area contributed by atoms with E-state index < -0.39 is 0 Å². The highest BCUT2D eigenvalue weighted by atomic mass is 32.2. The first-order chi connectivity index (χ1) is 8.76. The number of hydrogen-bond donors (Lipinski definition) is 1. The van der Waals surface area contributed by atoms with Gasteiger partial charge in [0, 0.05) is 30.2 Å². The summed E-state index contributed by atoms with van der Waals surface area (Å²) in [5.74, 6) is 0.599. The fourth-order valence-corrected chi connectivity index (χ4v) is 3.28. The molecule has 2 aliphatic heterocycles. The van der Waals surface area contributed by atoms with E-state index in [0.29, 0.717) is 17.7 Å². The molecule has 96 valence electrons. The number of fused-ring (bicyclic) bond motifs is 2. The molecule has 3 unspecified atom stereocenters. The molecule has 1 amide bonds. The third-order valence-electron chi connectivity index (χ3n) is 3.85. The van der Waals surface area contributed by atoms with Crippen LogP contribution in [0.1, 0.15) is 16.9 Å². The van der Waals surface area contributed by atoms with Crippen LogP contribution in [0.25, 0.3) is 0 Å². The van der Waals surface area contributed by atoms with Crippen LogP contribution in [0.5, 0.6) is 0 Å². The normalized spacial score (nSPS) is 29.5. The quantitative estimate of drug-likeness (QED) is 0.833. The molecule has 0 aromatic carbocycles. The monoisotopic (exact) mass is 263 g/mol. The predicted molar refractivity (Wildman–Crippen MR) is 71.8 cm³/mol. The fraction of sp³-hybridized carbons (Fsp3) is 0.538. The van der Waals surface area contributed by atoms with Gasteiger partial charge in [0.2, 0.25) is 0 Å². The SMILES string of the molecule is CSc1ccnc(C(=O)NC2CN3CCC2C3)c1. The van der Waals surface area contributed by atoms with E-state index in [2.05, 4.69) is 15.2 Å². The van der Waals surface area contributed by atoms with Crippen LogP contribution < -0.4 is 5.32 Å². The summed E-state index contributed by atoms with van der Waals surface area (Å²) in [6.45, 7) is 3.33. The smallest absolute Gasteiger partial charge is 0.270 e. The lowest BCUT2D eigenvalue weighted by atomic mass is 10.00. The van der Waals surface area contributed by atoms with Crippen molar-refractivity contribution in [3.63, 3.8) is 0 Å². The van der Waals surface area contributed by atoms with E-state index in [4.69, 9.17) is 0 Å². The van der Waals surface area contributed by atoms with Crippen LogP contribution in [-0.4, -0.2) is 47.7 Å².